The lowest BCUT2D eigenvalue weighted by Gasteiger charge is -2.18. The lowest BCUT2D eigenvalue weighted by molar-refractivity contribution is -0.123. The van der Waals surface area contributed by atoms with Crippen molar-refractivity contribution in [1.29, 1.82) is 0 Å². The van der Waals surface area contributed by atoms with Crippen LogP contribution in [0.15, 0.2) is 21.5 Å². The third kappa shape index (κ3) is 4.24. The van der Waals surface area contributed by atoms with E-state index in [0.29, 0.717) is 33.9 Å². The molecule has 1 aromatic carbocycles. The van der Waals surface area contributed by atoms with E-state index in [-0.39, 0.29) is 12.0 Å². The molecule has 0 bridgehead atoms. The van der Waals surface area contributed by atoms with Gasteiger partial charge in [0.05, 0.1) is 31.3 Å². The molecule has 1 atom stereocenters. The summed E-state index contributed by atoms with van der Waals surface area (Å²) in [5.74, 6) is 1.20. The molecule has 140 valence electrons. The Labute approximate surface area is 171 Å². The maximum Gasteiger partial charge on any atom is 0.266 e. The van der Waals surface area contributed by atoms with E-state index in [1.165, 1.54) is 11.8 Å². The van der Waals surface area contributed by atoms with Crippen LogP contribution in [-0.2, 0) is 9.53 Å². The highest BCUT2D eigenvalue weighted by Crippen LogP contribution is 2.38. The first-order valence-electron chi connectivity index (χ1n) is 8.40. The van der Waals surface area contributed by atoms with E-state index < -0.39 is 0 Å². The summed E-state index contributed by atoms with van der Waals surface area (Å²) in [6.45, 7) is 3.74. The molecule has 8 heteroatoms. The van der Waals surface area contributed by atoms with Gasteiger partial charge in [0.2, 0.25) is 0 Å². The molecule has 0 unspecified atom stereocenters. The highest BCUT2D eigenvalue weighted by atomic mass is 79.9. The van der Waals surface area contributed by atoms with Gasteiger partial charge in [-0.2, -0.15) is 0 Å². The summed E-state index contributed by atoms with van der Waals surface area (Å²) in [6.07, 6.45) is 3.91. The number of methoxy groups -OCH3 is 1. The van der Waals surface area contributed by atoms with E-state index in [1.807, 2.05) is 25.1 Å². The lowest BCUT2D eigenvalue weighted by Crippen LogP contribution is -2.35. The van der Waals surface area contributed by atoms with E-state index in [1.54, 1.807) is 12.0 Å². The summed E-state index contributed by atoms with van der Waals surface area (Å²) in [6, 6.07) is 3.70. The highest BCUT2D eigenvalue weighted by molar-refractivity contribution is 9.10. The first kappa shape index (κ1) is 19.7. The number of thiocarbonyl (C=S) groups is 1. The molecule has 0 spiro atoms. The summed E-state index contributed by atoms with van der Waals surface area (Å²) >= 11 is 10.3. The Bertz CT molecular complexity index is 747. The third-order valence-electron chi connectivity index (χ3n) is 4.15. The fraction of sp³-hybridized carbons (Fsp3) is 0.444. The number of thioether (sulfide) groups is 1. The minimum absolute atomic E-state index is 0.0738. The molecular formula is C18H20BrNO4S2. The van der Waals surface area contributed by atoms with Crippen molar-refractivity contribution >= 4 is 56.2 Å². The standard InChI is InChI=1S/C18H20BrNO4S2/c1-3-23-15-9-13(19)11(7-14(15)22-2)8-16-17(21)20(18(25)26-16)10-12-5-4-6-24-12/h7-9,12H,3-6,10H2,1-2H3/b16-8-/t12-/m1/s1. The van der Waals surface area contributed by atoms with Crippen molar-refractivity contribution in [3.8, 4) is 11.5 Å². The van der Waals surface area contributed by atoms with Gasteiger partial charge in [0.1, 0.15) is 4.32 Å². The Morgan fingerprint density at radius 3 is 2.92 bits per heavy atom. The summed E-state index contributed by atoms with van der Waals surface area (Å²) < 4.78 is 18.0. The normalized spacial score (nSPS) is 21.7. The van der Waals surface area contributed by atoms with Gasteiger partial charge in [-0.1, -0.05) is 39.9 Å². The first-order valence-corrected chi connectivity index (χ1v) is 10.4. The number of nitrogens with zero attached hydrogens (tertiary/aromatic N) is 1. The maximum atomic E-state index is 12.8. The predicted octanol–water partition coefficient (Wildman–Crippen LogP) is 4.24. The number of hydrogen-bond donors (Lipinski definition) is 0. The first-order chi connectivity index (χ1) is 12.5. The van der Waals surface area contributed by atoms with Crippen LogP contribution in [0.25, 0.3) is 6.08 Å². The zero-order valence-corrected chi connectivity index (χ0v) is 17.8. The molecule has 3 rings (SSSR count). The van der Waals surface area contributed by atoms with Crippen LogP contribution in [0.3, 0.4) is 0 Å². The van der Waals surface area contributed by atoms with E-state index in [0.717, 1.165) is 29.5 Å². The molecule has 0 aliphatic carbocycles. The van der Waals surface area contributed by atoms with Gasteiger partial charge < -0.3 is 14.2 Å². The van der Waals surface area contributed by atoms with Crippen LogP contribution in [0.2, 0.25) is 0 Å². The van der Waals surface area contributed by atoms with Crippen LogP contribution in [0.1, 0.15) is 25.3 Å². The van der Waals surface area contributed by atoms with Crippen LogP contribution < -0.4 is 9.47 Å². The fourth-order valence-electron chi connectivity index (χ4n) is 2.88. The minimum atomic E-state index is -0.0738. The van der Waals surface area contributed by atoms with Crippen LogP contribution >= 0.6 is 39.9 Å². The molecule has 0 aromatic heterocycles. The topological polar surface area (TPSA) is 48.0 Å². The molecule has 2 heterocycles. The minimum Gasteiger partial charge on any atom is -0.493 e. The monoisotopic (exact) mass is 457 g/mol. The van der Waals surface area contributed by atoms with Gasteiger partial charge in [-0.25, -0.2) is 0 Å². The van der Waals surface area contributed by atoms with Crippen molar-refractivity contribution in [3.05, 3.63) is 27.1 Å². The van der Waals surface area contributed by atoms with E-state index in [2.05, 4.69) is 15.9 Å². The van der Waals surface area contributed by atoms with Crippen molar-refractivity contribution < 1.29 is 19.0 Å². The van der Waals surface area contributed by atoms with Crippen molar-refractivity contribution in [2.24, 2.45) is 0 Å². The number of halogens is 1. The van der Waals surface area contributed by atoms with Gasteiger partial charge in [-0.05, 0) is 43.5 Å². The van der Waals surface area contributed by atoms with Crippen LogP contribution in [-0.4, -0.2) is 48.1 Å². The summed E-state index contributed by atoms with van der Waals surface area (Å²) in [4.78, 5) is 15.0. The van der Waals surface area contributed by atoms with Crippen LogP contribution in [0.5, 0.6) is 11.5 Å². The number of ether oxygens (including phenoxy) is 3. The Morgan fingerprint density at radius 2 is 2.27 bits per heavy atom. The summed E-state index contributed by atoms with van der Waals surface area (Å²) in [5.41, 5.74) is 0.836. The van der Waals surface area contributed by atoms with E-state index >= 15 is 0 Å². The second-order valence-electron chi connectivity index (χ2n) is 5.88. The highest BCUT2D eigenvalue weighted by Gasteiger charge is 2.34. The average molecular weight is 458 g/mol. The smallest absolute Gasteiger partial charge is 0.266 e. The zero-order valence-electron chi connectivity index (χ0n) is 14.6. The molecule has 2 fully saturated rings. The van der Waals surface area contributed by atoms with Crippen molar-refractivity contribution in [1.82, 2.24) is 4.90 Å². The zero-order chi connectivity index (χ0) is 18.7. The van der Waals surface area contributed by atoms with Gasteiger partial charge in [-0.3, -0.25) is 9.69 Å². The largest absolute Gasteiger partial charge is 0.493 e. The maximum absolute atomic E-state index is 12.8. The van der Waals surface area contributed by atoms with Crippen molar-refractivity contribution in [3.63, 3.8) is 0 Å². The van der Waals surface area contributed by atoms with Crippen LogP contribution in [0.4, 0.5) is 0 Å². The lowest BCUT2D eigenvalue weighted by atomic mass is 10.1. The average Bonchev–Trinajstić information content (AvgIpc) is 3.22. The summed E-state index contributed by atoms with van der Waals surface area (Å²) in [5, 5.41) is 0. The van der Waals surface area contributed by atoms with Gasteiger partial charge in [-0.15, -0.1) is 0 Å². The molecule has 0 radical (unpaired) electrons. The molecule has 1 aromatic rings. The predicted molar refractivity (Wildman–Crippen MR) is 111 cm³/mol. The van der Waals surface area contributed by atoms with E-state index in [9.17, 15) is 4.79 Å². The second-order valence-corrected chi connectivity index (χ2v) is 8.42. The number of amides is 1. The number of carbonyl (C=O) groups is 1. The Kier molecular flexibility index (Phi) is 6.60. The molecular weight excluding hydrogens is 438 g/mol. The molecule has 2 aliphatic rings. The molecule has 2 saturated heterocycles. The third-order valence-corrected chi connectivity index (χ3v) is 6.22. The summed E-state index contributed by atoms with van der Waals surface area (Å²) in [7, 11) is 1.59. The number of hydrogen-bond acceptors (Lipinski definition) is 6. The molecule has 5 nitrogen and oxygen atoms in total. The number of benzene rings is 1. The van der Waals surface area contributed by atoms with Gasteiger partial charge in [0.15, 0.2) is 11.5 Å². The fourth-order valence-corrected chi connectivity index (χ4v) is 4.58. The number of rotatable bonds is 6. The molecule has 26 heavy (non-hydrogen) atoms. The number of carbonyl (C=O) groups excluding carboxylic acids is 1. The van der Waals surface area contributed by atoms with Gasteiger partial charge in [0, 0.05) is 11.1 Å². The van der Waals surface area contributed by atoms with E-state index in [4.69, 9.17) is 26.4 Å². The molecule has 0 saturated carbocycles. The van der Waals surface area contributed by atoms with Crippen LogP contribution in [0, 0.1) is 0 Å². The van der Waals surface area contributed by atoms with Gasteiger partial charge >= 0.3 is 0 Å². The quantitative estimate of drug-likeness (QED) is 0.470. The molecule has 1 amide bonds. The molecule has 0 N–H and O–H groups in total. The van der Waals surface area contributed by atoms with Gasteiger partial charge in [0.25, 0.3) is 5.91 Å². The SMILES string of the molecule is CCOc1cc(Br)c(/C=C2\SC(=S)N(C[C@H]3CCCO3)C2=O)cc1OC. The molecule has 2 aliphatic heterocycles. The van der Waals surface area contributed by atoms with Crippen molar-refractivity contribution in [2.75, 3.05) is 26.9 Å². The van der Waals surface area contributed by atoms with Crippen molar-refractivity contribution in [2.45, 2.75) is 25.9 Å². The Balaban J connectivity index is 1.83. The Morgan fingerprint density at radius 1 is 1.46 bits per heavy atom. The Hall–Kier alpha value is -1.09. The second kappa shape index (κ2) is 8.73.